The summed E-state index contributed by atoms with van der Waals surface area (Å²) in [6.45, 7) is 0.221. The lowest BCUT2D eigenvalue weighted by molar-refractivity contribution is -0.862. The van der Waals surface area contributed by atoms with E-state index < -0.39 is 10.1 Å². The number of benzene rings is 1. The molecule has 0 saturated carbocycles. The van der Waals surface area contributed by atoms with Crippen molar-refractivity contribution in [2.24, 2.45) is 5.10 Å². The predicted molar refractivity (Wildman–Crippen MR) is 73.0 cm³/mol. The van der Waals surface area contributed by atoms with Gasteiger partial charge in [0, 0.05) is 5.56 Å². The highest BCUT2D eigenvalue weighted by atomic mass is 32.2. The van der Waals surface area contributed by atoms with Crippen molar-refractivity contribution in [3.8, 4) is 0 Å². The number of carbonyl (C=O) groups excluding carboxylic acids is 1. The zero-order valence-electron chi connectivity index (χ0n) is 11.5. The maximum absolute atomic E-state index is 11.5. The number of hydrogen-bond donors (Lipinski definition) is 1. The summed E-state index contributed by atoms with van der Waals surface area (Å²) in [7, 11) is 0.979. The molecule has 0 bridgehead atoms. The van der Waals surface area contributed by atoms with E-state index in [9.17, 15) is 17.8 Å². The molecule has 0 atom stereocenters. The van der Waals surface area contributed by atoms with Crippen molar-refractivity contribution < 1.29 is 22.2 Å². The summed E-state index contributed by atoms with van der Waals surface area (Å²) in [6, 6.07) is 5.64. The first-order valence-corrected chi connectivity index (χ1v) is 7.18. The number of hydrogen-bond acceptors (Lipinski definition) is 5. The Kier molecular flexibility index (Phi) is 4.98. The Hall–Kier alpha value is -1.77. The monoisotopic (exact) mass is 299 g/mol. The molecule has 0 aromatic heterocycles. The maximum atomic E-state index is 11.5. The molecule has 1 aromatic rings. The van der Waals surface area contributed by atoms with E-state index in [1.165, 1.54) is 18.2 Å². The number of rotatable bonds is 5. The summed E-state index contributed by atoms with van der Waals surface area (Å²) in [6.07, 6.45) is 1.14. The Morgan fingerprint density at radius 2 is 1.95 bits per heavy atom. The van der Waals surface area contributed by atoms with Crippen LogP contribution in [0.1, 0.15) is 5.56 Å². The molecule has 0 unspecified atom stereocenters. The van der Waals surface area contributed by atoms with Gasteiger partial charge in [-0.3, -0.25) is 4.79 Å². The molecule has 1 amide bonds. The number of amides is 1. The number of nitrogens with zero attached hydrogens (tertiary/aromatic N) is 2. The Morgan fingerprint density at radius 1 is 1.35 bits per heavy atom. The normalized spacial score (nSPS) is 12.6. The molecule has 0 aliphatic heterocycles. The first-order valence-electron chi connectivity index (χ1n) is 5.77. The number of quaternary nitrogens is 1. The molecule has 7 nitrogen and oxygen atoms in total. The van der Waals surface area contributed by atoms with E-state index in [4.69, 9.17) is 0 Å². The van der Waals surface area contributed by atoms with Crippen LogP contribution in [0.15, 0.2) is 34.3 Å². The Balaban J connectivity index is 2.80. The summed E-state index contributed by atoms with van der Waals surface area (Å²) in [4.78, 5) is 11.1. The first kappa shape index (κ1) is 16.3. The lowest BCUT2D eigenvalue weighted by atomic mass is 10.2. The SMILES string of the molecule is C[N+](C)(C)CC(=O)NN=Cc1ccccc1S(=O)(=O)[O-]. The average molecular weight is 299 g/mol. The van der Waals surface area contributed by atoms with Gasteiger partial charge in [0.15, 0.2) is 6.54 Å². The van der Waals surface area contributed by atoms with Gasteiger partial charge >= 0.3 is 0 Å². The van der Waals surface area contributed by atoms with Gasteiger partial charge in [0.2, 0.25) is 0 Å². The fraction of sp³-hybridized carbons (Fsp3) is 0.333. The lowest BCUT2D eigenvalue weighted by Crippen LogP contribution is -2.43. The van der Waals surface area contributed by atoms with Gasteiger partial charge in [-0.15, -0.1) is 0 Å². The number of likely N-dealkylation sites (N-methyl/N-ethyl adjacent to an activating group) is 1. The minimum Gasteiger partial charge on any atom is -0.744 e. The van der Waals surface area contributed by atoms with E-state index in [0.29, 0.717) is 4.48 Å². The number of nitrogens with one attached hydrogen (secondary N) is 1. The fourth-order valence-corrected chi connectivity index (χ4v) is 2.11. The molecule has 1 N–H and O–H groups in total. The molecule has 110 valence electrons. The van der Waals surface area contributed by atoms with E-state index in [0.717, 1.165) is 6.21 Å². The summed E-state index contributed by atoms with van der Waals surface area (Å²) in [5.74, 6) is -0.309. The van der Waals surface area contributed by atoms with Crippen LogP contribution in [0, 0.1) is 0 Å². The lowest BCUT2D eigenvalue weighted by Gasteiger charge is -2.22. The molecule has 1 aromatic carbocycles. The maximum Gasteiger partial charge on any atom is 0.295 e. The highest BCUT2D eigenvalue weighted by molar-refractivity contribution is 7.85. The second-order valence-corrected chi connectivity index (χ2v) is 6.58. The van der Waals surface area contributed by atoms with Crippen LogP contribution in [0.5, 0.6) is 0 Å². The van der Waals surface area contributed by atoms with Crippen LogP contribution in [0.25, 0.3) is 0 Å². The molecule has 0 fully saturated rings. The van der Waals surface area contributed by atoms with Gasteiger partial charge in [-0.2, -0.15) is 5.10 Å². The van der Waals surface area contributed by atoms with Crippen LogP contribution in [-0.4, -0.2) is 57.3 Å². The molecule has 0 aliphatic rings. The summed E-state index contributed by atoms with van der Waals surface area (Å²) in [5, 5.41) is 3.66. The van der Waals surface area contributed by atoms with Crippen molar-refractivity contribution in [1.82, 2.24) is 5.43 Å². The van der Waals surface area contributed by atoms with Crippen molar-refractivity contribution in [3.05, 3.63) is 29.8 Å². The second kappa shape index (κ2) is 6.12. The van der Waals surface area contributed by atoms with Crippen molar-refractivity contribution in [2.45, 2.75) is 4.90 Å². The smallest absolute Gasteiger partial charge is 0.295 e. The van der Waals surface area contributed by atoms with E-state index in [1.807, 2.05) is 21.1 Å². The Labute approximate surface area is 118 Å². The van der Waals surface area contributed by atoms with Crippen molar-refractivity contribution >= 4 is 22.2 Å². The zero-order valence-corrected chi connectivity index (χ0v) is 12.3. The van der Waals surface area contributed by atoms with E-state index in [2.05, 4.69) is 10.5 Å². The Morgan fingerprint density at radius 3 is 2.50 bits per heavy atom. The molecule has 0 heterocycles. The minimum absolute atomic E-state index is 0.132. The molecular formula is C12H17N3O4S. The van der Waals surface area contributed by atoms with Crippen LogP contribution >= 0.6 is 0 Å². The van der Waals surface area contributed by atoms with Gasteiger partial charge in [0.25, 0.3) is 5.91 Å². The molecule has 20 heavy (non-hydrogen) atoms. The van der Waals surface area contributed by atoms with Crippen LogP contribution in [-0.2, 0) is 14.9 Å². The third kappa shape index (κ3) is 5.47. The average Bonchev–Trinajstić information content (AvgIpc) is 2.25. The van der Waals surface area contributed by atoms with Gasteiger partial charge in [-0.25, -0.2) is 13.8 Å². The van der Waals surface area contributed by atoms with Gasteiger partial charge < -0.3 is 9.04 Å². The summed E-state index contributed by atoms with van der Waals surface area (Å²) < 4.78 is 33.5. The first-order chi connectivity index (χ1) is 9.09. The van der Waals surface area contributed by atoms with Gasteiger partial charge in [0.1, 0.15) is 10.1 Å². The van der Waals surface area contributed by atoms with E-state index >= 15 is 0 Å². The van der Waals surface area contributed by atoms with Gasteiger partial charge in [-0.1, -0.05) is 18.2 Å². The summed E-state index contributed by atoms with van der Waals surface area (Å²) >= 11 is 0. The topological polar surface area (TPSA) is 98.7 Å². The number of carbonyl (C=O) groups is 1. The van der Waals surface area contributed by atoms with Crippen molar-refractivity contribution in [3.63, 3.8) is 0 Å². The van der Waals surface area contributed by atoms with Crippen LogP contribution in [0.2, 0.25) is 0 Å². The van der Waals surface area contributed by atoms with Gasteiger partial charge in [-0.05, 0) is 6.07 Å². The molecule has 1 rings (SSSR count). The number of hydrazone groups is 1. The molecule has 0 saturated heterocycles. The molecule has 0 radical (unpaired) electrons. The van der Waals surface area contributed by atoms with Gasteiger partial charge in [0.05, 0.1) is 32.3 Å². The highest BCUT2D eigenvalue weighted by Gasteiger charge is 2.13. The third-order valence-electron chi connectivity index (χ3n) is 2.20. The van der Waals surface area contributed by atoms with E-state index in [1.54, 1.807) is 6.07 Å². The zero-order chi connectivity index (χ0) is 15.4. The second-order valence-electron chi connectivity index (χ2n) is 5.23. The summed E-state index contributed by atoms with van der Waals surface area (Å²) in [5.41, 5.74) is 2.42. The minimum atomic E-state index is -4.57. The van der Waals surface area contributed by atoms with Crippen LogP contribution in [0.4, 0.5) is 0 Å². The van der Waals surface area contributed by atoms with Crippen LogP contribution < -0.4 is 5.43 Å². The van der Waals surface area contributed by atoms with E-state index in [-0.39, 0.29) is 22.9 Å². The Bertz CT molecular complexity index is 618. The molecule has 8 heteroatoms. The highest BCUT2D eigenvalue weighted by Crippen LogP contribution is 2.12. The van der Waals surface area contributed by atoms with Crippen LogP contribution in [0.3, 0.4) is 0 Å². The third-order valence-corrected chi connectivity index (χ3v) is 3.11. The standard InChI is InChI=1S/C12H17N3O4S/c1-15(2,3)9-12(16)14-13-8-10-6-4-5-7-11(10)20(17,18)19/h4-8H,9H2,1-3H3,(H-,14,16,17,18,19). The van der Waals surface area contributed by atoms with Crippen molar-refractivity contribution in [2.75, 3.05) is 27.7 Å². The fourth-order valence-electron chi connectivity index (χ4n) is 1.45. The van der Waals surface area contributed by atoms with Crippen molar-refractivity contribution in [1.29, 1.82) is 0 Å². The quantitative estimate of drug-likeness (QED) is 0.351. The molecule has 0 aliphatic carbocycles. The molecular weight excluding hydrogens is 282 g/mol. The largest absolute Gasteiger partial charge is 0.744 e. The predicted octanol–water partition coefficient (Wildman–Crippen LogP) is -0.253. The molecule has 0 spiro atoms.